The highest BCUT2D eigenvalue weighted by Crippen LogP contribution is 2.37. The summed E-state index contributed by atoms with van der Waals surface area (Å²) in [5, 5.41) is 1.96. The van der Waals surface area contributed by atoms with Gasteiger partial charge in [0.15, 0.2) is 0 Å². The fourth-order valence-electron chi connectivity index (χ4n) is 3.79. The van der Waals surface area contributed by atoms with Crippen LogP contribution in [-0.2, 0) is 0 Å². The van der Waals surface area contributed by atoms with E-state index < -0.39 is 0 Å². The molecule has 3 aromatic heterocycles. The smallest absolute Gasteiger partial charge is 0.255 e. The van der Waals surface area contributed by atoms with Crippen molar-refractivity contribution in [1.82, 2.24) is 19.9 Å². The van der Waals surface area contributed by atoms with E-state index in [4.69, 9.17) is 4.98 Å². The first kappa shape index (κ1) is 19.5. The number of carbonyl (C=O) groups excluding carboxylic acids is 1. The van der Waals surface area contributed by atoms with Crippen molar-refractivity contribution in [2.75, 3.05) is 25.5 Å². The molecular formula is C22H25N5OS. The van der Waals surface area contributed by atoms with Crippen LogP contribution in [0, 0.1) is 6.92 Å². The Balaban J connectivity index is 1.79. The minimum Gasteiger partial charge on any atom is -0.347 e. The normalized spacial score (nSPS) is 16.7. The summed E-state index contributed by atoms with van der Waals surface area (Å²) >= 11 is 1.61. The molecule has 4 rings (SSSR count). The van der Waals surface area contributed by atoms with E-state index in [9.17, 15) is 4.79 Å². The van der Waals surface area contributed by atoms with Gasteiger partial charge in [-0.2, -0.15) is 0 Å². The van der Waals surface area contributed by atoms with Gasteiger partial charge >= 0.3 is 0 Å². The fraction of sp³-hybridized carbons (Fsp3) is 0.364. The quantitative estimate of drug-likeness (QED) is 0.644. The molecule has 0 saturated carbocycles. The van der Waals surface area contributed by atoms with Crippen LogP contribution in [0.1, 0.15) is 46.2 Å². The van der Waals surface area contributed by atoms with Gasteiger partial charge in [-0.25, -0.2) is 9.97 Å². The Morgan fingerprint density at radius 2 is 2.03 bits per heavy atom. The molecule has 6 nitrogen and oxygen atoms in total. The molecule has 29 heavy (non-hydrogen) atoms. The highest BCUT2D eigenvalue weighted by Gasteiger charge is 2.32. The predicted molar refractivity (Wildman–Crippen MR) is 116 cm³/mol. The van der Waals surface area contributed by atoms with Crippen molar-refractivity contribution >= 4 is 23.2 Å². The van der Waals surface area contributed by atoms with E-state index in [1.54, 1.807) is 23.7 Å². The SMILES string of the molecule is Cc1cc(C(=O)N2CCCC[C@@H]2c2nc(N(C)C)ncc2-c2ccncc2)cs1. The molecule has 0 radical (unpaired) electrons. The molecular weight excluding hydrogens is 382 g/mol. The number of amides is 1. The summed E-state index contributed by atoms with van der Waals surface area (Å²) in [5.74, 6) is 0.743. The van der Waals surface area contributed by atoms with E-state index in [1.165, 1.54) is 0 Å². The van der Waals surface area contributed by atoms with Crippen molar-refractivity contribution < 1.29 is 4.79 Å². The highest BCUT2D eigenvalue weighted by molar-refractivity contribution is 7.10. The van der Waals surface area contributed by atoms with Gasteiger partial charge in [-0.05, 0) is 49.9 Å². The molecule has 1 aliphatic rings. The molecule has 1 atom stereocenters. The number of piperidine rings is 1. The number of thiophene rings is 1. The van der Waals surface area contributed by atoms with Gasteiger partial charge in [0.05, 0.1) is 17.3 Å². The molecule has 7 heteroatoms. The number of carbonyl (C=O) groups is 1. The van der Waals surface area contributed by atoms with Crippen LogP contribution in [0.3, 0.4) is 0 Å². The second-order valence-corrected chi connectivity index (χ2v) is 8.67. The first-order valence-electron chi connectivity index (χ1n) is 9.85. The number of hydrogen-bond acceptors (Lipinski definition) is 6. The van der Waals surface area contributed by atoms with E-state index in [-0.39, 0.29) is 11.9 Å². The zero-order valence-corrected chi connectivity index (χ0v) is 17.8. The number of aryl methyl sites for hydroxylation is 1. The van der Waals surface area contributed by atoms with Gasteiger partial charge < -0.3 is 9.80 Å². The third-order valence-corrected chi connectivity index (χ3v) is 6.12. The van der Waals surface area contributed by atoms with Gasteiger partial charge in [-0.1, -0.05) is 0 Å². The summed E-state index contributed by atoms with van der Waals surface area (Å²) in [4.78, 5) is 32.0. The first-order chi connectivity index (χ1) is 14.0. The Labute approximate surface area is 175 Å². The van der Waals surface area contributed by atoms with E-state index in [1.807, 2.05) is 60.6 Å². The molecule has 3 aromatic rings. The van der Waals surface area contributed by atoms with Gasteiger partial charge in [0.25, 0.3) is 5.91 Å². The summed E-state index contributed by atoms with van der Waals surface area (Å²) in [7, 11) is 3.87. The minimum absolute atomic E-state index is 0.0682. The van der Waals surface area contributed by atoms with Crippen molar-refractivity contribution in [2.24, 2.45) is 0 Å². The number of anilines is 1. The summed E-state index contributed by atoms with van der Waals surface area (Å²) < 4.78 is 0. The average molecular weight is 408 g/mol. The molecule has 1 fully saturated rings. The minimum atomic E-state index is -0.0682. The lowest BCUT2D eigenvalue weighted by Gasteiger charge is -2.36. The summed E-state index contributed by atoms with van der Waals surface area (Å²) in [6.07, 6.45) is 8.42. The molecule has 1 amide bonds. The van der Waals surface area contributed by atoms with Gasteiger partial charge in [-0.3, -0.25) is 9.78 Å². The molecule has 0 bridgehead atoms. The highest BCUT2D eigenvalue weighted by atomic mass is 32.1. The largest absolute Gasteiger partial charge is 0.347 e. The lowest BCUT2D eigenvalue weighted by Crippen LogP contribution is -2.39. The molecule has 0 N–H and O–H groups in total. The van der Waals surface area contributed by atoms with Crippen LogP contribution >= 0.6 is 11.3 Å². The van der Waals surface area contributed by atoms with Crippen LogP contribution in [-0.4, -0.2) is 46.4 Å². The van der Waals surface area contributed by atoms with Gasteiger partial charge in [0.1, 0.15) is 0 Å². The number of aromatic nitrogens is 3. The lowest BCUT2D eigenvalue weighted by atomic mass is 9.93. The van der Waals surface area contributed by atoms with E-state index in [0.717, 1.165) is 53.1 Å². The van der Waals surface area contributed by atoms with E-state index >= 15 is 0 Å². The Bertz CT molecular complexity index is 1000. The Kier molecular flexibility index (Phi) is 5.58. The van der Waals surface area contributed by atoms with Crippen LogP contribution in [0.5, 0.6) is 0 Å². The molecule has 0 spiro atoms. The van der Waals surface area contributed by atoms with Crippen molar-refractivity contribution in [1.29, 1.82) is 0 Å². The van der Waals surface area contributed by atoms with Gasteiger partial charge in [-0.15, -0.1) is 11.3 Å². The Morgan fingerprint density at radius 3 is 2.72 bits per heavy atom. The second-order valence-electron chi connectivity index (χ2n) is 7.56. The standard InChI is InChI=1S/C22H25N5OS/c1-15-12-17(14-29-15)21(28)27-11-5-4-6-19(27)20-18(16-7-9-23-10-8-16)13-24-22(25-20)26(2)3/h7-10,12-14,19H,4-6,11H2,1-3H3/t19-/m1/s1. The third kappa shape index (κ3) is 4.00. The molecule has 4 heterocycles. The van der Waals surface area contributed by atoms with Crippen molar-refractivity contribution in [3.63, 3.8) is 0 Å². The van der Waals surface area contributed by atoms with Crippen LogP contribution < -0.4 is 4.90 Å². The molecule has 1 aliphatic heterocycles. The number of nitrogens with zero attached hydrogens (tertiary/aromatic N) is 5. The number of rotatable bonds is 4. The summed E-state index contributed by atoms with van der Waals surface area (Å²) in [5.41, 5.74) is 3.66. The first-order valence-corrected chi connectivity index (χ1v) is 10.7. The topological polar surface area (TPSA) is 62.2 Å². The maximum atomic E-state index is 13.3. The van der Waals surface area contributed by atoms with Crippen LogP contribution in [0.15, 0.2) is 42.2 Å². The molecule has 1 saturated heterocycles. The molecule has 0 unspecified atom stereocenters. The zero-order chi connectivity index (χ0) is 20.4. The molecule has 0 aliphatic carbocycles. The van der Waals surface area contributed by atoms with Crippen LogP contribution in [0.4, 0.5) is 5.95 Å². The Morgan fingerprint density at radius 1 is 1.24 bits per heavy atom. The second kappa shape index (κ2) is 8.29. The third-order valence-electron chi connectivity index (χ3n) is 5.25. The maximum Gasteiger partial charge on any atom is 0.255 e. The van der Waals surface area contributed by atoms with Gasteiger partial charge in [0.2, 0.25) is 5.95 Å². The number of hydrogen-bond donors (Lipinski definition) is 0. The number of likely N-dealkylation sites (tertiary alicyclic amines) is 1. The lowest BCUT2D eigenvalue weighted by molar-refractivity contribution is 0.0607. The van der Waals surface area contributed by atoms with Crippen molar-refractivity contribution in [3.05, 3.63) is 58.3 Å². The van der Waals surface area contributed by atoms with Crippen molar-refractivity contribution in [3.8, 4) is 11.1 Å². The summed E-state index contributed by atoms with van der Waals surface area (Å²) in [6.45, 7) is 2.78. The van der Waals surface area contributed by atoms with E-state index in [0.29, 0.717) is 5.95 Å². The average Bonchev–Trinajstić information content (AvgIpc) is 3.19. The molecule has 0 aromatic carbocycles. The number of pyridine rings is 1. The fourth-order valence-corrected chi connectivity index (χ4v) is 4.47. The maximum absolute atomic E-state index is 13.3. The van der Waals surface area contributed by atoms with E-state index in [2.05, 4.69) is 9.97 Å². The zero-order valence-electron chi connectivity index (χ0n) is 17.0. The molecule has 150 valence electrons. The van der Waals surface area contributed by atoms with Crippen LogP contribution in [0.2, 0.25) is 0 Å². The summed E-state index contributed by atoms with van der Waals surface area (Å²) in [6, 6.07) is 5.85. The Hall–Kier alpha value is -2.80. The van der Waals surface area contributed by atoms with Gasteiger partial charge in [0, 0.05) is 55.1 Å². The van der Waals surface area contributed by atoms with Crippen LogP contribution in [0.25, 0.3) is 11.1 Å². The monoisotopic (exact) mass is 407 g/mol. The van der Waals surface area contributed by atoms with Crippen molar-refractivity contribution in [2.45, 2.75) is 32.2 Å². The predicted octanol–water partition coefficient (Wildman–Crippen LogP) is 4.34.